The zero-order valence-electron chi connectivity index (χ0n) is 22.8. The average Bonchev–Trinajstić information content (AvgIpc) is 3.35. The number of rotatable bonds is 3. The minimum atomic E-state index is -0.766. The number of hydrogen-bond acceptors (Lipinski definition) is 6. The number of likely N-dealkylation sites (tertiary alicyclic amines) is 1. The van der Waals surface area contributed by atoms with Crippen LogP contribution in [0.3, 0.4) is 0 Å². The van der Waals surface area contributed by atoms with E-state index in [0.717, 1.165) is 5.69 Å². The van der Waals surface area contributed by atoms with E-state index < -0.39 is 29.3 Å². The Balaban J connectivity index is 1.48. The number of hydrogen-bond donors (Lipinski definition) is 0. The summed E-state index contributed by atoms with van der Waals surface area (Å²) in [6, 6.07) is 8.47. The number of benzene rings is 1. The number of esters is 1. The molecule has 0 radical (unpaired) electrons. The predicted octanol–water partition coefficient (Wildman–Crippen LogP) is 3.80. The molecule has 2 unspecified atom stereocenters. The Bertz CT molecular complexity index is 1250. The van der Waals surface area contributed by atoms with Crippen LogP contribution >= 0.6 is 0 Å². The van der Waals surface area contributed by atoms with Gasteiger partial charge in [-0.25, -0.2) is 9.59 Å². The van der Waals surface area contributed by atoms with Gasteiger partial charge in [0.05, 0.1) is 6.04 Å². The van der Waals surface area contributed by atoms with Gasteiger partial charge in [0.2, 0.25) is 0 Å². The number of para-hydroxylation sites is 1. The first-order valence-corrected chi connectivity index (χ1v) is 13.1. The van der Waals surface area contributed by atoms with Crippen molar-refractivity contribution in [2.24, 2.45) is 5.92 Å². The number of β-lactam (4-membered cyclic amide) rings is 1. The molecular formula is C29H35N3O6. The minimum Gasteiger partial charge on any atom is -0.455 e. The molecule has 0 bridgehead atoms. The van der Waals surface area contributed by atoms with E-state index in [9.17, 15) is 19.2 Å². The third-order valence-corrected chi connectivity index (χ3v) is 7.15. The van der Waals surface area contributed by atoms with Gasteiger partial charge in [-0.05, 0) is 78.2 Å². The number of anilines is 1. The van der Waals surface area contributed by atoms with Crippen molar-refractivity contribution in [3.8, 4) is 0 Å². The van der Waals surface area contributed by atoms with Crippen molar-refractivity contribution in [1.29, 1.82) is 0 Å². The predicted molar refractivity (Wildman–Crippen MR) is 140 cm³/mol. The highest BCUT2D eigenvalue weighted by Crippen LogP contribution is 2.48. The number of carbonyl (C=O) groups is 4. The van der Waals surface area contributed by atoms with E-state index in [0.29, 0.717) is 37.1 Å². The number of carbonyl (C=O) groups excluding carboxylic acids is 4. The molecule has 202 valence electrons. The van der Waals surface area contributed by atoms with Crippen molar-refractivity contribution in [2.45, 2.75) is 77.7 Å². The van der Waals surface area contributed by atoms with E-state index in [-0.39, 0.29) is 29.5 Å². The highest BCUT2D eigenvalue weighted by Gasteiger charge is 2.64. The van der Waals surface area contributed by atoms with Crippen molar-refractivity contribution >= 4 is 29.6 Å². The summed E-state index contributed by atoms with van der Waals surface area (Å²) in [6.45, 7) is 11.5. The van der Waals surface area contributed by atoms with Crippen LogP contribution in [0.4, 0.5) is 10.5 Å². The van der Waals surface area contributed by atoms with Crippen molar-refractivity contribution in [2.75, 3.05) is 18.0 Å². The molecule has 0 N–H and O–H groups in total. The molecule has 4 aliphatic rings. The maximum Gasteiger partial charge on any atom is 0.411 e. The molecule has 0 aromatic heterocycles. The third-order valence-electron chi connectivity index (χ3n) is 7.15. The molecule has 0 saturated carbocycles. The molecule has 1 aromatic rings. The van der Waals surface area contributed by atoms with Crippen molar-refractivity contribution in [1.82, 2.24) is 9.80 Å². The molecule has 1 aromatic carbocycles. The molecule has 3 atom stereocenters. The van der Waals surface area contributed by atoms with Crippen LogP contribution in [0.25, 0.3) is 0 Å². The summed E-state index contributed by atoms with van der Waals surface area (Å²) in [4.78, 5) is 57.8. The standard InChI is InChI=1S/C29H35N3O6/c1-28(2,3)37-26(35)22-18(14-17-12-13-30(24(17)33)20-10-8-7-9-11-20)15-19-16-31(27(36)38-29(4,5)6)23-21(19)32(22)25(23)34/h7-11,14,19,21,23H,12-13,15-16H2,1-6H3/b17-14+/t19?,21-,23?/m1/s1. The lowest BCUT2D eigenvalue weighted by molar-refractivity contribution is -0.163. The molecule has 5 rings (SSSR count). The van der Waals surface area contributed by atoms with Crippen molar-refractivity contribution in [3.63, 3.8) is 0 Å². The van der Waals surface area contributed by atoms with Crippen molar-refractivity contribution < 1.29 is 28.7 Å². The number of allylic oxidation sites excluding steroid dienone is 2. The second kappa shape index (κ2) is 8.99. The van der Waals surface area contributed by atoms with Gasteiger partial charge < -0.3 is 14.4 Å². The zero-order valence-corrected chi connectivity index (χ0v) is 22.8. The van der Waals surface area contributed by atoms with Crippen LogP contribution in [0, 0.1) is 5.92 Å². The van der Waals surface area contributed by atoms with Crippen LogP contribution in [-0.4, -0.2) is 70.1 Å². The van der Waals surface area contributed by atoms with Gasteiger partial charge in [-0.15, -0.1) is 0 Å². The Labute approximate surface area is 223 Å². The minimum absolute atomic E-state index is 0.0787. The van der Waals surface area contributed by atoms with Gasteiger partial charge in [0.15, 0.2) is 0 Å². The molecule has 3 amide bonds. The molecule has 3 saturated heterocycles. The lowest BCUT2D eigenvalue weighted by atomic mass is 9.79. The fraction of sp³-hybridized carbons (Fsp3) is 0.517. The molecule has 4 heterocycles. The van der Waals surface area contributed by atoms with Crippen LogP contribution in [0.2, 0.25) is 0 Å². The summed E-state index contributed by atoms with van der Waals surface area (Å²) in [5.74, 6) is -1.13. The molecule has 0 spiro atoms. The molecule has 4 aliphatic heterocycles. The SMILES string of the molecule is CC(C)(C)OC(=O)C1=C(/C=C2\CCN(c3ccccc3)C2=O)CC2CN(C(=O)OC(C)(C)C)C3C(=O)N1[C@H]23. The molecule has 0 aliphatic carbocycles. The lowest BCUT2D eigenvalue weighted by Gasteiger charge is -2.50. The maximum absolute atomic E-state index is 13.4. The van der Waals surface area contributed by atoms with Crippen LogP contribution in [0.5, 0.6) is 0 Å². The van der Waals surface area contributed by atoms with Crippen LogP contribution in [-0.2, 0) is 23.9 Å². The lowest BCUT2D eigenvalue weighted by Crippen LogP contribution is -2.69. The van der Waals surface area contributed by atoms with Gasteiger partial charge in [-0.2, -0.15) is 0 Å². The van der Waals surface area contributed by atoms with Gasteiger partial charge in [0.25, 0.3) is 11.8 Å². The number of amides is 3. The molecule has 9 nitrogen and oxygen atoms in total. The summed E-state index contributed by atoms with van der Waals surface area (Å²) in [5, 5.41) is 0. The second-order valence-electron chi connectivity index (χ2n) is 12.3. The first-order valence-electron chi connectivity index (χ1n) is 13.1. The highest BCUT2D eigenvalue weighted by molar-refractivity contribution is 6.09. The second-order valence-corrected chi connectivity index (χ2v) is 12.3. The fourth-order valence-electron chi connectivity index (χ4n) is 5.74. The normalized spacial score (nSPS) is 26.1. The number of nitrogens with zero attached hydrogens (tertiary/aromatic N) is 3. The van der Waals surface area contributed by atoms with E-state index >= 15 is 0 Å². The first kappa shape index (κ1) is 26.0. The van der Waals surface area contributed by atoms with Gasteiger partial charge in [0.1, 0.15) is 22.9 Å². The molecule has 38 heavy (non-hydrogen) atoms. The zero-order chi connectivity index (χ0) is 27.6. The molecular weight excluding hydrogens is 486 g/mol. The Kier molecular flexibility index (Phi) is 6.16. The first-order chi connectivity index (χ1) is 17.7. The topological polar surface area (TPSA) is 96.5 Å². The van der Waals surface area contributed by atoms with E-state index in [4.69, 9.17) is 9.47 Å². The van der Waals surface area contributed by atoms with Gasteiger partial charge in [0, 0.05) is 30.3 Å². The Hall–Kier alpha value is -3.62. The largest absolute Gasteiger partial charge is 0.455 e. The van der Waals surface area contributed by atoms with Crippen LogP contribution in [0.15, 0.2) is 53.3 Å². The molecule has 3 fully saturated rings. The van der Waals surface area contributed by atoms with Gasteiger partial charge in [-0.3, -0.25) is 19.4 Å². The quantitative estimate of drug-likeness (QED) is 0.341. The van der Waals surface area contributed by atoms with Gasteiger partial charge in [-0.1, -0.05) is 18.2 Å². The summed E-state index contributed by atoms with van der Waals surface area (Å²) < 4.78 is 11.3. The average molecular weight is 522 g/mol. The Morgan fingerprint density at radius 3 is 2.26 bits per heavy atom. The monoisotopic (exact) mass is 521 g/mol. The summed E-state index contributed by atoms with van der Waals surface area (Å²) >= 11 is 0. The smallest absolute Gasteiger partial charge is 0.411 e. The van der Waals surface area contributed by atoms with E-state index in [1.165, 1.54) is 9.80 Å². The Morgan fingerprint density at radius 2 is 1.63 bits per heavy atom. The van der Waals surface area contributed by atoms with Crippen LogP contribution < -0.4 is 4.90 Å². The van der Waals surface area contributed by atoms with E-state index in [1.54, 1.807) is 52.5 Å². The Morgan fingerprint density at radius 1 is 0.974 bits per heavy atom. The van der Waals surface area contributed by atoms with Crippen molar-refractivity contribution in [3.05, 3.63) is 53.3 Å². The van der Waals surface area contributed by atoms with Crippen LogP contribution in [0.1, 0.15) is 54.4 Å². The summed E-state index contributed by atoms with van der Waals surface area (Å²) in [7, 11) is 0. The number of ether oxygens (including phenoxy) is 2. The van der Waals surface area contributed by atoms with E-state index in [2.05, 4.69) is 0 Å². The fourth-order valence-corrected chi connectivity index (χ4v) is 5.74. The summed E-state index contributed by atoms with van der Waals surface area (Å²) in [6.07, 6.45) is 2.19. The van der Waals surface area contributed by atoms with Gasteiger partial charge >= 0.3 is 12.1 Å². The molecule has 9 heteroatoms. The maximum atomic E-state index is 13.4. The third kappa shape index (κ3) is 4.59. The highest BCUT2D eigenvalue weighted by atomic mass is 16.6. The van der Waals surface area contributed by atoms with E-state index in [1.807, 2.05) is 30.3 Å². The summed E-state index contributed by atoms with van der Waals surface area (Å²) in [5.41, 5.74) is 0.701.